The van der Waals surface area contributed by atoms with Gasteiger partial charge in [0.25, 0.3) is 11.7 Å². The molecule has 1 aromatic heterocycles. The summed E-state index contributed by atoms with van der Waals surface area (Å²) in [4.78, 5) is 45.2. The molecule has 194 valence electrons. The van der Waals surface area contributed by atoms with Crippen molar-refractivity contribution in [2.75, 3.05) is 48.0 Å². The Bertz CT molecular complexity index is 1210. The number of ketones is 1. The molecule has 1 aliphatic heterocycles. The summed E-state index contributed by atoms with van der Waals surface area (Å²) in [7, 11) is 6.74. The topological polar surface area (TPSA) is 121 Å². The lowest BCUT2D eigenvalue weighted by Gasteiger charge is -2.27. The number of ether oxygens (including phenoxy) is 3. The van der Waals surface area contributed by atoms with E-state index in [2.05, 4.69) is 4.98 Å². The van der Waals surface area contributed by atoms with Gasteiger partial charge in [0.15, 0.2) is 11.5 Å². The van der Waals surface area contributed by atoms with Crippen LogP contribution in [0.3, 0.4) is 0 Å². The second-order valence-electron chi connectivity index (χ2n) is 8.76. The lowest BCUT2D eigenvalue weighted by Crippen LogP contribution is -2.35. The molecule has 0 bridgehead atoms. The van der Waals surface area contributed by atoms with Gasteiger partial charge in [0, 0.05) is 24.3 Å². The van der Waals surface area contributed by atoms with Crippen LogP contribution in [0.5, 0.6) is 11.5 Å². The Morgan fingerprint density at radius 3 is 2.39 bits per heavy atom. The Morgan fingerprint density at radius 1 is 1.14 bits per heavy atom. The molecule has 2 aromatic rings. The third-order valence-electron chi connectivity index (χ3n) is 6.21. The van der Waals surface area contributed by atoms with Gasteiger partial charge in [-0.2, -0.15) is 0 Å². The zero-order chi connectivity index (χ0) is 26.7. The van der Waals surface area contributed by atoms with Crippen molar-refractivity contribution >= 4 is 23.4 Å². The predicted molar refractivity (Wildman–Crippen MR) is 133 cm³/mol. The molecular weight excluding hydrogens is 466 g/mol. The number of aliphatic hydroxyl groups excluding tert-OH is 1. The fourth-order valence-corrected chi connectivity index (χ4v) is 4.44. The number of hydrogen-bond acceptors (Lipinski definition) is 8. The van der Waals surface area contributed by atoms with Gasteiger partial charge in [0.2, 0.25) is 0 Å². The first-order valence-electron chi connectivity index (χ1n) is 11.6. The molecule has 10 heteroatoms. The van der Waals surface area contributed by atoms with E-state index < -0.39 is 23.7 Å². The largest absolute Gasteiger partial charge is 0.507 e. The van der Waals surface area contributed by atoms with Gasteiger partial charge in [-0.1, -0.05) is 6.07 Å². The number of benzene rings is 1. The fraction of sp³-hybridized carbons (Fsp3) is 0.423. The van der Waals surface area contributed by atoms with Gasteiger partial charge in [0.1, 0.15) is 11.5 Å². The maximum Gasteiger partial charge on any atom is 0.355 e. The zero-order valence-corrected chi connectivity index (χ0v) is 21.7. The quantitative estimate of drug-likeness (QED) is 0.234. The maximum absolute atomic E-state index is 13.3. The number of amides is 1. The third kappa shape index (κ3) is 4.81. The lowest BCUT2D eigenvalue weighted by atomic mass is 9.93. The van der Waals surface area contributed by atoms with Crippen molar-refractivity contribution in [3.05, 3.63) is 51.9 Å². The van der Waals surface area contributed by atoms with Crippen molar-refractivity contribution in [2.24, 2.45) is 0 Å². The molecule has 1 aliphatic rings. The zero-order valence-electron chi connectivity index (χ0n) is 21.7. The molecule has 36 heavy (non-hydrogen) atoms. The Morgan fingerprint density at radius 2 is 1.81 bits per heavy atom. The van der Waals surface area contributed by atoms with E-state index >= 15 is 0 Å². The summed E-state index contributed by atoms with van der Waals surface area (Å²) >= 11 is 0. The molecule has 10 nitrogen and oxygen atoms in total. The number of aryl methyl sites for hydroxylation is 1. The number of carbonyl (C=O) groups is 3. The van der Waals surface area contributed by atoms with Gasteiger partial charge >= 0.3 is 5.97 Å². The molecule has 1 atom stereocenters. The standard InChI is InChI=1S/C26H33N3O7/c1-8-36-26(33)21-14(2)19(15(3)27-21)23(30)20-22(16-9-10-17(34-6)18(13-16)35-7)29(12-11-28(4)5)25(32)24(20)31/h9-10,13,22,27,30H,8,11-12H2,1-7H3/t22-/m1/s1. The number of esters is 1. The summed E-state index contributed by atoms with van der Waals surface area (Å²) in [6.45, 7) is 5.98. The monoisotopic (exact) mass is 499 g/mol. The van der Waals surface area contributed by atoms with Crippen molar-refractivity contribution < 1.29 is 33.7 Å². The number of likely N-dealkylation sites (N-methyl/N-ethyl adjacent to an activating group) is 1. The molecule has 0 radical (unpaired) electrons. The van der Waals surface area contributed by atoms with Crippen LogP contribution in [-0.2, 0) is 14.3 Å². The number of hydrogen-bond donors (Lipinski definition) is 2. The van der Waals surface area contributed by atoms with Crippen LogP contribution in [-0.4, -0.2) is 85.6 Å². The normalized spacial score (nSPS) is 17.1. The number of nitrogens with one attached hydrogen (secondary N) is 1. The van der Waals surface area contributed by atoms with E-state index in [9.17, 15) is 19.5 Å². The molecule has 0 unspecified atom stereocenters. The van der Waals surface area contributed by atoms with E-state index in [1.54, 1.807) is 39.0 Å². The molecule has 1 aromatic carbocycles. The number of likely N-dealkylation sites (tertiary alicyclic amines) is 1. The fourth-order valence-electron chi connectivity index (χ4n) is 4.44. The van der Waals surface area contributed by atoms with E-state index in [0.29, 0.717) is 34.9 Å². The Labute approximate surface area is 210 Å². The molecule has 1 amide bonds. The number of H-pyrrole nitrogens is 1. The Balaban J connectivity index is 2.24. The third-order valence-corrected chi connectivity index (χ3v) is 6.21. The van der Waals surface area contributed by atoms with Crippen LogP contribution in [0.4, 0.5) is 0 Å². The highest BCUT2D eigenvalue weighted by Gasteiger charge is 2.46. The minimum Gasteiger partial charge on any atom is -0.507 e. The van der Waals surface area contributed by atoms with Crippen molar-refractivity contribution in [3.8, 4) is 11.5 Å². The highest BCUT2D eigenvalue weighted by molar-refractivity contribution is 6.46. The molecule has 0 spiro atoms. The number of aromatic amines is 1. The number of rotatable bonds is 9. The second-order valence-corrected chi connectivity index (χ2v) is 8.76. The molecule has 0 saturated carbocycles. The van der Waals surface area contributed by atoms with Gasteiger partial charge < -0.3 is 34.1 Å². The summed E-state index contributed by atoms with van der Waals surface area (Å²) in [5, 5.41) is 11.5. The van der Waals surface area contributed by atoms with E-state index in [0.717, 1.165) is 0 Å². The maximum atomic E-state index is 13.3. The second kappa shape index (κ2) is 10.9. The van der Waals surface area contributed by atoms with E-state index in [1.807, 2.05) is 19.0 Å². The van der Waals surface area contributed by atoms with Crippen LogP contribution in [0.25, 0.3) is 5.76 Å². The van der Waals surface area contributed by atoms with Gasteiger partial charge in [-0.3, -0.25) is 9.59 Å². The van der Waals surface area contributed by atoms with Crippen molar-refractivity contribution in [3.63, 3.8) is 0 Å². The molecule has 1 fully saturated rings. The number of Topliss-reactive ketones (excluding diaryl/α,β-unsaturated/α-hetero) is 1. The van der Waals surface area contributed by atoms with Gasteiger partial charge in [-0.05, 0) is 58.1 Å². The van der Waals surface area contributed by atoms with Crippen molar-refractivity contribution in [2.45, 2.75) is 26.8 Å². The van der Waals surface area contributed by atoms with Crippen LogP contribution in [0.2, 0.25) is 0 Å². The Hall–Kier alpha value is -3.79. The highest BCUT2D eigenvalue weighted by atomic mass is 16.5. The van der Waals surface area contributed by atoms with Crippen LogP contribution in [0.1, 0.15) is 45.8 Å². The molecule has 2 N–H and O–H groups in total. The van der Waals surface area contributed by atoms with Crippen LogP contribution in [0.15, 0.2) is 23.8 Å². The van der Waals surface area contributed by atoms with E-state index in [4.69, 9.17) is 14.2 Å². The smallest absolute Gasteiger partial charge is 0.355 e. The van der Waals surface area contributed by atoms with Gasteiger partial charge in [-0.25, -0.2) is 4.79 Å². The average Bonchev–Trinajstić information content (AvgIpc) is 3.28. The first-order chi connectivity index (χ1) is 17.1. The summed E-state index contributed by atoms with van der Waals surface area (Å²) < 4.78 is 15.9. The molecule has 1 saturated heterocycles. The minimum absolute atomic E-state index is 0.0633. The molecule has 0 aliphatic carbocycles. The van der Waals surface area contributed by atoms with E-state index in [-0.39, 0.29) is 35.7 Å². The molecular formula is C26H33N3O7. The molecule has 2 heterocycles. The van der Waals surface area contributed by atoms with Gasteiger partial charge in [-0.15, -0.1) is 0 Å². The number of carbonyl (C=O) groups excluding carboxylic acids is 3. The number of aromatic nitrogens is 1. The Kier molecular flexibility index (Phi) is 8.09. The first-order valence-corrected chi connectivity index (χ1v) is 11.6. The van der Waals surface area contributed by atoms with Crippen molar-refractivity contribution in [1.82, 2.24) is 14.8 Å². The molecule has 3 rings (SSSR count). The summed E-state index contributed by atoms with van der Waals surface area (Å²) in [6.07, 6.45) is 0. The van der Waals surface area contributed by atoms with Crippen LogP contribution < -0.4 is 9.47 Å². The van der Waals surface area contributed by atoms with E-state index in [1.165, 1.54) is 19.1 Å². The predicted octanol–water partition coefficient (Wildman–Crippen LogP) is 2.81. The SMILES string of the molecule is CCOC(=O)c1[nH]c(C)c(C(O)=C2C(=O)C(=O)N(CCN(C)C)[C@@H]2c2ccc(OC)c(OC)c2)c1C. The van der Waals surface area contributed by atoms with Gasteiger partial charge in [0.05, 0.1) is 32.4 Å². The summed E-state index contributed by atoms with van der Waals surface area (Å²) in [5.74, 6) is -1.53. The number of nitrogens with zero attached hydrogens (tertiary/aromatic N) is 2. The summed E-state index contributed by atoms with van der Waals surface area (Å²) in [5.41, 5.74) is 1.87. The number of aliphatic hydroxyl groups is 1. The first kappa shape index (κ1) is 26.8. The minimum atomic E-state index is -0.871. The number of methoxy groups -OCH3 is 2. The van der Waals surface area contributed by atoms with Crippen LogP contribution >= 0.6 is 0 Å². The summed E-state index contributed by atoms with van der Waals surface area (Å²) in [6, 6.07) is 4.23. The highest BCUT2D eigenvalue weighted by Crippen LogP contribution is 2.42. The average molecular weight is 500 g/mol. The van der Waals surface area contributed by atoms with Crippen LogP contribution in [0, 0.1) is 13.8 Å². The lowest BCUT2D eigenvalue weighted by molar-refractivity contribution is -0.140. The van der Waals surface area contributed by atoms with Crippen molar-refractivity contribution in [1.29, 1.82) is 0 Å².